The Hall–Kier alpha value is -1.34. The van der Waals surface area contributed by atoms with Gasteiger partial charge in [0, 0.05) is 25.7 Å². The molecule has 0 aromatic heterocycles. The van der Waals surface area contributed by atoms with Gasteiger partial charge in [-0.05, 0) is 33.6 Å². The number of nitrogens with one attached hydrogen (secondary N) is 1. The molecule has 7 heteroatoms. The number of carboxylic acid groups (broad SMARTS) is 1. The Labute approximate surface area is 131 Å². The van der Waals surface area contributed by atoms with Gasteiger partial charge in [0.05, 0.1) is 12.0 Å². The Morgan fingerprint density at radius 2 is 1.95 bits per heavy atom. The average Bonchev–Trinajstić information content (AvgIpc) is 2.31. The van der Waals surface area contributed by atoms with Gasteiger partial charge >= 0.3 is 12.1 Å². The highest BCUT2D eigenvalue weighted by Gasteiger charge is 2.48. The molecule has 22 heavy (non-hydrogen) atoms. The number of aliphatic hydroxyl groups excluding tert-OH is 1. The number of aliphatic carboxylic acids is 1. The van der Waals surface area contributed by atoms with Crippen LogP contribution in [0.1, 0.15) is 47.0 Å². The van der Waals surface area contributed by atoms with Crippen molar-refractivity contribution in [3.8, 4) is 0 Å². The lowest BCUT2D eigenvalue weighted by molar-refractivity contribution is -0.141. The normalized spacial score (nSPS) is 18.5. The van der Waals surface area contributed by atoms with Crippen LogP contribution in [0, 0.1) is 0 Å². The van der Waals surface area contributed by atoms with Gasteiger partial charge in [0.15, 0.2) is 0 Å². The number of hydrogen-bond acceptors (Lipinski definition) is 5. The van der Waals surface area contributed by atoms with Crippen molar-refractivity contribution < 1.29 is 24.5 Å². The minimum Gasteiger partial charge on any atom is -0.481 e. The fourth-order valence-electron chi connectivity index (χ4n) is 2.65. The summed E-state index contributed by atoms with van der Waals surface area (Å²) in [6.45, 7) is 8.01. The molecule has 1 heterocycles. The molecule has 1 unspecified atom stereocenters. The lowest BCUT2D eigenvalue weighted by Gasteiger charge is -2.51. The van der Waals surface area contributed by atoms with Crippen molar-refractivity contribution in [3.63, 3.8) is 0 Å². The van der Waals surface area contributed by atoms with Crippen LogP contribution in [0.5, 0.6) is 0 Å². The summed E-state index contributed by atoms with van der Waals surface area (Å²) in [6, 6.07) is 0.0325. The third-order valence-corrected chi connectivity index (χ3v) is 3.61. The van der Waals surface area contributed by atoms with Crippen LogP contribution in [0.2, 0.25) is 0 Å². The fourth-order valence-corrected chi connectivity index (χ4v) is 2.65. The Morgan fingerprint density at radius 1 is 1.36 bits per heavy atom. The van der Waals surface area contributed by atoms with Crippen molar-refractivity contribution in [1.29, 1.82) is 0 Å². The minimum atomic E-state index is -0.907. The molecule has 1 rings (SSSR count). The van der Waals surface area contributed by atoms with E-state index in [1.807, 2.05) is 6.92 Å². The maximum Gasteiger partial charge on any atom is 0.410 e. The third kappa shape index (κ3) is 5.46. The molecule has 1 saturated heterocycles. The van der Waals surface area contributed by atoms with Gasteiger partial charge in [-0.15, -0.1) is 0 Å². The number of rotatable bonds is 7. The molecule has 1 aliphatic heterocycles. The first-order valence-electron chi connectivity index (χ1n) is 7.69. The Bertz CT molecular complexity index is 399. The van der Waals surface area contributed by atoms with Crippen LogP contribution in [-0.2, 0) is 9.53 Å². The van der Waals surface area contributed by atoms with Gasteiger partial charge in [0.25, 0.3) is 0 Å². The quantitative estimate of drug-likeness (QED) is 0.653. The maximum absolute atomic E-state index is 12.0. The molecule has 0 aromatic rings. The molecule has 1 atom stereocenters. The molecule has 0 saturated carbocycles. The van der Waals surface area contributed by atoms with Gasteiger partial charge in [0.2, 0.25) is 0 Å². The average molecular weight is 316 g/mol. The first-order chi connectivity index (χ1) is 10.1. The maximum atomic E-state index is 12.0. The van der Waals surface area contributed by atoms with Crippen molar-refractivity contribution in [2.24, 2.45) is 0 Å². The second-order valence-corrected chi connectivity index (χ2v) is 6.95. The topological polar surface area (TPSA) is 99.1 Å². The number of likely N-dealkylation sites (tertiary alicyclic amines) is 1. The van der Waals surface area contributed by atoms with E-state index in [0.29, 0.717) is 19.5 Å². The SMILES string of the molecule is CCC(CCO)NC1(CC(=O)O)CN(C(=O)OC(C)(C)C)C1. The van der Waals surface area contributed by atoms with E-state index in [1.54, 1.807) is 20.8 Å². The van der Waals surface area contributed by atoms with Crippen LogP contribution in [-0.4, -0.2) is 64.1 Å². The molecule has 7 nitrogen and oxygen atoms in total. The number of carbonyl (C=O) groups is 2. The number of carbonyl (C=O) groups excluding carboxylic acids is 1. The number of hydrogen-bond donors (Lipinski definition) is 3. The van der Waals surface area contributed by atoms with Crippen molar-refractivity contribution in [1.82, 2.24) is 10.2 Å². The Morgan fingerprint density at radius 3 is 2.36 bits per heavy atom. The van der Waals surface area contributed by atoms with Crippen LogP contribution in [0.4, 0.5) is 4.79 Å². The van der Waals surface area contributed by atoms with Crippen LogP contribution < -0.4 is 5.32 Å². The molecule has 0 aromatic carbocycles. The summed E-state index contributed by atoms with van der Waals surface area (Å²) < 4.78 is 5.29. The van der Waals surface area contributed by atoms with Gasteiger partial charge in [-0.1, -0.05) is 6.92 Å². The van der Waals surface area contributed by atoms with Crippen LogP contribution >= 0.6 is 0 Å². The minimum absolute atomic E-state index is 0.0325. The number of carboxylic acids is 1. The summed E-state index contributed by atoms with van der Waals surface area (Å²) in [5, 5.41) is 21.5. The van der Waals surface area contributed by atoms with E-state index < -0.39 is 23.2 Å². The van der Waals surface area contributed by atoms with Gasteiger partial charge in [-0.25, -0.2) is 4.79 Å². The molecule has 128 valence electrons. The lowest BCUT2D eigenvalue weighted by Crippen LogP contribution is -2.72. The summed E-state index contributed by atoms with van der Waals surface area (Å²) in [4.78, 5) is 24.6. The number of aliphatic hydroxyl groups is 1. The highest BCUT2D eigenvalue weighted by atomic mass is 16.6. The van der Waals surface area contributed by atoms with Crippen LogP contribution in [0.25, 0.3) is 0 Å². The van der Waals surface area contributed by atoms with Crippen molar-refractivity contribution >= 4 is 12.1 Å². The molecule has 0 aliphatic carbocycles. The number of amides is 1. The van der Waals surface area contributed by atoms with Gasteiger partial charge < -0.3 is 25.2 Å². The first-order valence-corrected chi connectivity index (χ1v) is 7.69. The van der Waals surface area contributed by atoms with E-state index in [4.69, 9.17) is 14.9 Å². The van der Waals surface area contributed by atoms with E-state index in [1.165, 1.54) is 4.90 Å². The van der Waals surface area contributed by atoms with Gasteiger partial charge in [-0.3, -0.25) is 4.79 Å². The highest BCUT2D eigenvalue weighted by Crippen LogP contribution is 2.28. The van der Waals surface area contributed by atoms with Crippen molar-refractivity contribution in [2.75, 3.05) is 19.7 Å². The Kier molecular flexibility index (Phi) is 6.19. The predicted octanol–water partition coefficient (Wildman–Crippen LogP) is 1.20. The Balaban J connectivity index is 2.66. The van der Waals surface area contributed by atoms with E-state index in [9.17, 15) is 9.59 Å². The summed E-state index contributed by atoms with van der Waals surface area (Å²) in [5.74, 6) is -0.907. The van der Waals surface area contributed by atoms with Crippen LogP contribution in [0.15, 0.2) is 0 Å². The molecule has 0 radical (unpaired) electrons. The van der Waals surface area contributed by atoms with E-state index >= 15 is 0 Å². The zero-order valence-electron chi connectivity index (χ0n) is 13.9. The van der Waals surface area contributed by atoms with E-state index in [0.717, 1.165) is 6.42 Å². The molecule has 0 bridgehead atoms. The first kappa shape index (κ1) is 18.7. The summed E-state index contributed by atoms with van der Waals surface area (Å²) >= 11 is 0. The molecule has 1 fully saturated rings. The third-order valence-electron chi connectivity index (χ3n) is 3.61. The second kappa shape index (κ2) is 7.28. The molecular weight excluding hydrogens is 288 g/mol. The van der Waals surface area contributed by atoms with Crippen molar-refractivity contribution in [2.45, 2.75) is 64.1 Å². The van der Waals surface area contributed by atoms with Crippen molar-refractivity contribution in [3.05, 3.63) is 0 Å². The molecule has 0 spiro atoms. The predicted molar refractivity (Wildman–Crippen MR) is 81.7 cm³/mol. The zero-order valence-corrected chi connectivity index (χ0v) is 13.9. The fraction of sp³-hybridized carbons (Fsp3) is 0.867. The molecule has 1 amide bonds. The largest absolute Gasteiger partial charge is 0.481 e. The molecular formula is C15H28N2O5. The standard InChI is InChI=1S/C15H28N2O5/c1-5-11(6-7-18)16-15(8-12(19)20)9-17(10-15)13(21)22-14(2,3)4/h11,16,18H,5-10H2,1-4H3,(H,19,20). The van der Waals surface area contributed by atoms with E-state index in [-0.39, 0.29) is 19.1 Å². The number of ether oxygens (including phenoxy) is 1. The summed E-state index contributed by atoms with van der Waals surface area (Å²) in [5.41, 5.74) is -1.21. The summed E-state index contributed by atoms with van der Waals surface area (Å²) in [7, 11) is 0. The second-order valence-electron chi connectivity index (χ2n) is 6.95. The van der Waals surface area contributed by atoms with Crippen LogP contribution in [0.3, 0.4) is 0 Å². The molecule has 1 aliphatic rings. The zero-order chi connectivity index (χ0) is 17.0. The van der Waals surface area contributed by atoms with E-state index in [2.05, 4.69) is 5.32 Å². The highest BCUT2D eigenvalue weighted by molar-refractivity contribution is 5.73. The smallest absolute Gasteiger partial charge is 0.410 e. The summed E-state index contributed by atoms with van der Waals surface area (Å²) in [6.07, 6.45) is 0.859. The monoisotopic (exact) mass is 316 g/mol. The number of nitrogens with zero attached hydrogens (tertiary/aromatic N) is 1. The molecule has 3 N–H and O–H groups in total. The lowest BCUT2D eigenvalue weighted by atomic mass is 9.85. The van der Waals surface area contributed by atoms with Gasteiger partial charge in [-0.2, -0.15) is 0 Å². The van der Waals surface area contributed by atoms with Gasteiger partial charge in [0.1, 0.15) is 5.60 Å².